The number of alkyl halides is 3. The Bertz CT molecular complexity index is 381. The van der Waals surface area contributed by atoms with Crippen molar-refractivity contribution in [2.24, 2.45) is 5.73 Å². The Balaban J connectivity index is 3.14. The first-order valence-electron chi connectivity index (χ1n) is 3.34. The third-order valence-electron chi connectivity index (χ3n) is 1.35. The van der Waals surface area contributed by atoms with E-state index < -0.39 is 17.9 Å². The SMILES string of the molecule is N=C(N)c1ccnn1C(=O)C(F)(F)F. The van der Waals surface area contributed by atoms with Gasteiger partial charge in [-0.15, -0.1) is 0 Å². The minimum Gasteiger partial charge on any atom is -0.382 e. The summed E-state index contributed by atoms with van der Waals surface area (Å²) in [6.07, 6.45) is -4.07. The number of nitrogens with two attached hydrogens (primary N) is 1. The Morgan fingerprint density at radius 1 is 1.57 bits per heavy atom. The molecule has 0 spiro atoms. The summed E-state index contributed by atoms with van der Waals surface area (Å²) >= 11 is 0. The van der Waals surface area contributed by atoms with E-state index in [2.05, 4.69) is 5.10 Å². The quantitative estimate of drug-likeness (QED) is 0.514. The fourth-order valence-electron chi connectivity index (χ4n) is 0.789. The molecule has 0 bridgehead atoms. The average molecular weight is 206 g/mol. The number of nitrogens with zero attached hydrogens (tertiary/aromatic N) is 2. The minimum absolute atomic E-state index is 0.0440. The van der Waals surface area contributed by atoms with Gasteiger partial charge in [-0.3, -0.25) is 10.2 Å². The van der Waals surface area contributed by atoms with Gasteiger partial charge in [0.25, 0.3) is 0 Å². The highest BCUT2D eigenvalue weighted by Gasteiger charge is 2.41. The number of carbonyl (C=O) groups is 1. The lowest BCUT2D eigenvalue weighted by molar-refractivity contribution is -0.0956. The average Bonchev–Trinajstić information content (AvgIpc) is 2.48. The van der Waals surface area contributed by atoms with Crippen molar-refractivity contribution in [2.75, 3.05) is 0 Å². The number of carbonyl (C=O) groups excluding carboxylic acids is 1. The van der Waals surface area contributed by atoms with Crippen LogP contribution >= 0.6 is 0 Å². The summed E-state index contributed by atoms with van der Waals surface area (Å²) in [6, 6.07) is 1.05. The molecule has 0 unspecified atom stereocenters. The molecule has 0 saturated carbocycles. The lowest BCUT2D eigenvalue weighted by Crippen LogP contribution is -2.33. The monoisotopic (exact) mass is 206 g/mol. The van der Waals surface area contributed by atoms with E-state index in [1.807, 2.05) is 0 Å². The van der Waals surface area contributed by atoms with Gasteiger partial charge in [0.15, 0.2) is 0 Å². The van der Waals surface area contributed by atoms with Crippen LogP contribution in [0.15, 0.2) is 12.3 Å². The van der Waals surface area contributed by atoms with E-state index in [9.17, 15) is 18.0 Å². The van der Waals surface area contributed by atoms with Crippen LogP contribution in [0.3, 0.4) is 0 Å². The van der Waals surface area contributed by atoms with Crippen LogP contribution < -0.4 is 5.73 Å². The molecule has 1 heterocycles. The normalized spacial score (nSPS) is 11.4. The van der Waals surface area contributed by atoms with E-state index in [1.54, 1.807) is 0 Å². The van der Waals surface area contributed by atoms with Gasteiger partial charge in [0.05, 0.1) is 6.20 Å². The highest BCUT2D eigenvalue weighted by atomic mass is 19.4. The Kier molecular flexibility index (Phi) is 2.28. The number of amidine groups is 1. The summed E-state index contributed by atoms with van der Waals surface area (Å²) < 4.78 is 35.8. The molecular formula is C6H5F3N4O. The molecule has 0 saturated heterocycles. The number of hydrogen-bond acceptors (Lipinski definition) is 3. The maximum atomic E-state index is 11.9. The molecule has 0 amide bonds. The zero-order valence-electron chi connectivity index (χ0n) is 6.67. The number of aromatic nitrogens is 2. The van der Waals surface area contributed by atoms with Crippen LogP contribution in [0.5, 0.6) is 0 Å². The van der Waals surface area contributed by atoms with Crippen LogP contribution in [-0.2, 0) is 0 Å². The molecule has 0 atom stereocenters. The van der Waals surface area contributed by atoms with Crippen molar-refractivity contribution in [3.05, 3.63) is 18.0 Å². The molecular weight excluding hydrogens is 201 g/mol. The minimum atomic E-state index is -5.03. The maximum Gasteiger partial charge on any atom is 0.473 e. The molecule has 14 heavy (non-hydrogen) atoms. The molecule has 1 aromatic heterocycles. The molecule has 0 aliphatic heterocycles. The summed E-state index contributed by atoms with van der Waals surface area (Å²) in [6.45, 7) is 0. The summed E-state index contributed by atoms with van der Waals surface area (Å²) in [5.74, 6) is -2.83. The van der Waals surface area contributed by atoms with Gasteiger partial charge in [0, 0.05) is 0 Å². The van der Waals surface area contributed by atoms with E-state index >= 15 is 0 Å². The Labute approximate surface area is 75.8 Å². The lowest BCUT2D eigenvalue weighted by atomic mass is 10.4. The van der Waals surface area contributed by atoms with E-state index in [1.165, 1.54) is 0 Å². The molecule has 8 heteroatoms. The van der Waals surface area contributed by atoms with Gasteiger partial charge in [-0.2, -0.15) is 23.0 Å². The smallest absolute Gasteiger partial charge is 0.382 e. The van der Waals surface area contributed by atoms with Crippen LogP contribution in [0.25, 0.3) is 0 Å². The van der Waals surface area contributed by atoms with E-state index in [0.29, 0.717) is 0 Å². The molecule has 0 aliphatic rings. The van der Waals surface area contributed by atoms with Crippen molar-refractivity contribution in [2.45, 2.75) is 6.18 Å². The number of rotatable bonds is 1. The van der Waals surface area contributed by atoms with Crippen molar-refractivity contribution in [1.29, 1.82) is 5.41 Å². The first-order valence-corrected chi connectivity index (χ1v) is 3.34. The Morgan fingerprint density at radius 2 is 2.14 bits per heavy atom. The van der Waals surface area contributed by atoms with Gasteiger partial charge in [-0.1, -0.05) is 0 Å². The topological polar surface area (TPSA) is 84.8 Å². The van der Waals surface area contributed by atoms with Crippen molar-refractivity contribution in [1.82, 2.24) is 9.78 Å². The zero-order chi connectivity index (χ0) is 10.9. The van der Waals surface area contributed by atoms with E-state index in [4.69, 9.17) is 11.1 Å². The Morgan fingerprint density at radius 3 is 2.57 bits per heavy atom. The van der Waals surface area contributed by atoms with Crippen LogP contribution in [0.4, 0.5) is 13.2 Å². The van der Waals surface area contributed by atoms with Crippen LogP contribution in [0.1, 0.15) is 10.5 Å². The van der Waals surface area contributed by atoms with Crippen molar-refractivity contribution >= 4 is 11.7 Å². The molecule has 3 N–H and O–H groups in total. The van der Waals surface area contributed by atoms with Crippen LogP contribution in [0, 0.1) is 5.41 Å². The summed E-state index contributed by atoms with van der Waals surface area (Å²) in [7, 11) is 0. The molecule has 0 aliphatic carbocycles. The number of nitrogens with one attached hydrogen (secondary N) is 1. The van der Waals surface area contributed by atoms with Gasteiger partial charge >= 0.3 is 12.1 Å². The number of halogens is 3. The predicted octanol–water partition coefficient (Wildman–Crippen LogP) is 0.370. The van der Waals surface area contributed by atoms with Crippen molar-refractivity contribution in [3.8, 4) is 0 Å². The molecule has 1 rings (SSSR count). The summed E-state index contributed by atoms with van der Waals surface area (Å²) in [4.78, 5) is 10.7. The Hall–Kier alpha value is -1.86. The zero-order valence-corrected chi connectivity index (χ0v) is 6.67. The van der Waals surface area contributed by atoms with Gasteiger partial charge in [0.2, 0.25) is 0 Å². The molecule has 1 aromatic rings. The summed E-state index contributed by atoms with van der Waals surface area (Å²) in [5.41, 5.74) is 4.56. The van der Waals surface area contributed by atoms with Gasteiger partial charge in [-0.25, -0.2) is 0 Å². The van der Waals surface area contributed by atoms with Gasteiger partial charge in [0.1, 0.15) is 11.5 Å². The van der Waals surface area contributed by atoms with Crippen LogP contribution in [0.2, 0.25) is 0 Å². The van der Waals surface area contributed by atoms with E-state index in [0.717, 1.165) is 12.3 Å². The molecule has 5 nitrogen and oxygen atoms in total. The first kappa shape index (κ1) is 10.2. The summed E-state index contributed by atoms with van der Waals surface area (Å²) in [5, 5.41) is 10.0. The largest absolute Gasteiger partial charge is 0.473 e. The molecule has 76 valence electrons. The molecule has 0 radical (unpaired) electrons. The van der Waals surface area contributed by atoms with Gasteiger partial charge in [-0.05, 0) is 6.07 Å². The first-order chi connectivity index (χ1) is 6.34. The van der Waals surface area contributed by atoms with E-state index in [-0.39, 0.29) is 10.4 Å². The van der Waals surface area contributed by atoms with Gasteiger partial charge < -0.3 is 5.73 Å². The fourth-order valence-corrected chi connectivity index (χ4v) is 0.789. The van der Waals surface area contributed by atoms with Crippen molar-refractivity contribution < 1.29 is 18.0 Å². The highest BCUT2D eigenvalue weighted by Crippen LogP contribution is 2.17. The second-order valence-electron chi connectivity index (χ2n) is 2.34. The third kappa shape index (κ3) is 1.73. The molecule has 0 aromatic carbocycles. The highest BCUT2D eigenvalue weighted by molar-refractivity contribution is 5.98. The number of hydrogen-bond donors (Lipinski definition) is 2. The molecule has 0 fully saturated rings. The predicted molar refractivity (Wildman–Crippen MR) is 39.9 cm³/mol. The lowest BCUT2D eigenvalue weighted by Gasteiger charge is -2.06. The second kappa shape index (κ2) is 3.13. The second-order valence-corrected chi connectivity index (χ2v) is 2.34. The fraction of sp³-hybridized carbons (Fsp3) is 0.167. The van der Waals surface area contributed by atoms with Crippen molar-refractivity contribution in [3.63, 3.8) is 0 Å². The third-order valence-corrected chi connectivity index (χ3v) is 1.35. The number of nitrogen functional groups attached to an aromatic ring is 1. The van der Waals surface area contributed by atoms with Crippen LogP contribution in [-0.4, -0.2) is 27.7 Å². The standard InChI is InChI=1S/C6H5F3N4O/c7-6(8,9)5(14)13-3(4(10)11)1-2-12-13/h1-2H,(H3,10,11). The maximum absolute atomic E-state index is 11.9.